The Bertz CT molecular complexity index is 803. The zero-order valence-electron chi connectivity index (χ0n) is 11.4. The Balaban J connectivity index is 1.77. The number of aryl methyl sites for hydroxylation is 2. The zero-order chi connectivity index (χ0) is 14.1. The molecule has 100 valence electrons. The Labute approximate surface area is 116 Å². The van der Waals surface area contributed by atoms with Gasteiger partial charge in [0.2, 0.25) is 0 Å². The summed E-state index contributed by atoms with van der Waals surface area (Å²) in [5, 5.41) is 12.3. The second-order valence-electron chi connectivity index (χ2n) is 4.86. The van der Waals surface area contributed by atoms with Crippen molar-refractivity contribution in [1.29, 1.82) is 5.26 Å². The molecule has 0 aliphatic carbocycles. The molecule has 0 unspecified atom stereocenters. The number of rotatable bonds is 3. The predicted molar refractivity (Wildman–Crippen MR) is 78.3 cm³/mol. The van der Waals surface area contributed by atoms with Crippen molar-refractivity contribution in [2.24, 2.45) is 7.05 Å². The number of aromatic amines is 1. The van der Waals surface area contributed by atoms with Crippen LogP contribution in [0.15, 0.2) is 30.5 Å². The predicted octanol–water partition coefficient (Wildman–Crippen LogP) is 2.69. The Hall–Kier alpha value is -2.74. The van der Waals surface area contributed by atoms with Crippen LogP contribution < -0.4 is 5.32 Å². The van der Waals surface area contributed by atoms with Crippen molar-refractivity contribution in [1.82, 2.24) is 14.5 Å². The third-order valence-electron chi connectivity index (χ3n) is 3.27. The molecular weight excluding hydrogens is 250 g/mol. The SMILES string of the molecule is Cc1nc2ccc(NCc3cc(C#N)n(C)c3)cc2[nH]1. The third kappa shape index (κ3) is 2.24. The van der Waals surface area contributed by atoms with E-state index in [1.165, 1.54) is 0 Å². The molecule has 0 atom stereocenters. The molecule has 2 aromatic heterocycles. The third-order valence-corrected chi connectivity index (χ3v) is 3.27. The van der Waals surface area contributed by atoms with Crippen molar-refractivity contribution >= 4 is 16.7 Å². The smallest absolute Gasteiger partial charge is 0.120 e. The zero-order valence-corrected chi connectivity index (χ0v) is 11.4. The lowest BCUT2D eigenvalue weighted by atomic mass is 10.2. The van der Waals surface area contributed by atoms with Crippen molar-refractivity contribution in [3.05, 3.63) is 47.5 Å². The van der Waals surface area contributed by atoms with Gasteiger partial charge in [0.1, 0.15) is 17.6 Å². The van der Waals surface area contributed by atoms with Crippen LogP contribution in [0.25, 0.3) is 11.0 Å². The lowest BCUT2D eigenvalue weighted by Crippen LogP contribution is -1.98. The molecule has 0 bridgehead atoms. The van der Waals surface area contributed by atoms with Gasteiger partial charge in [0.25, 0.3) is 0 Å². The highest BCUT2D eigenvalue weighted by atomic mass is 14.9. The lowest BCUT2D eigenvalue weighted by molar-refractivity contribution is 0.902. The molecule has 2 heterocycles. The maximum atomic E-state index is 8.94. The number of nitriles is 1. The van der Waals surface area contributed by atoms with Gasteiger partial charge in [-0.25, -0.2) is 4.98 Å². The van der Waals surface area contributed by atoms with Crippen molar-refractivity contribution in [3.63, 3.8) is 0 Å². The van der Waals surface area contributed by atoms with Crippen LogP contribution in [0.5, 0.6) is 0 Å². The van der Waals surface area contributed by atoms with Gasteiger partial charge in [-0.15, -0.1) is 0 Å². The van der Waals surface area contributed by atoms with E-state index in [1.54, 1.807) is 0 Å². The minimum Gasteiger partial charge on any atom is -0.381 e. The highest BCUT2D eigenvalue weighted by Gasteiger charge is 2.03. The van der Waals surface area contributed by atoms with Gasteiger partial charge in [-0.2, -0.15) is 5.26 Å². The fraction of sp³-hybridized carbons (Fsp3) is 0.200. The summed E-state index contributed by atoms with van der Waals surface area (Å²) in [7, 11) is 1.88. The van der Waals surface area contributed by atoms with Crippen LogP contribution in [0.2, 0.25) is 0 Å². The van der Waals surface area contributed by atoms with Crippen LogP contribution in [0, 0.1) is 18.3 Å². The number of H-pyrrole nitrogens is 1. The highest BCUT2D eigenvalue weighted by molar-refractivity contribution is 5.79. The van der Waals surface area contributed by atoms with Crippen LogP contribution in [0.3, 0.4) is 0 Å². The largest absolute Gasteiger partial charge is 0.381 e. The van der Waals surface area contributed by atoms with Crippen LogP contribution >= 0.6 is 0 Å². The monoisotopic (exact) mass is 265 g/mol. The molecule has 5 heteroatoms. The molecular formula is C15H15N5. The quantitative estimate of drug-likeness (QED) is 0.765. The highest BCUT2D eigenvalue weighted by Crippen LogP contribution is 2.18. The van der Waals surface area contributed by atoms with E-state index < -0.39 is 0 Å². The molecule has 0 aliphatic rings. The molecule has 0 fully saturated rings. The maximum absolute atomic E-state index is 8.94. The summed E-state index contributed by atoms with van der Waals surface area (Å²) < 4.78 is 1.83. The van der Waals surface area contributed by atoms with Gasteiger partial charge in [0, 0.05) is 25.5 Å². The standard InChI is InChI=1S/C15H15N5/c1-10-18-14-4-3-12(6-15(14)19-10)17-8-11-5-13(7-16)20(2)9-11/h3-6,9,17H,8H2,1-2H3,(H,18,19). The van der Waals surface area contributed by atoms with E-state index >= 15 is 0 Å². The maximum Gasteiger partial charge on any atom is 0.120 e. The summed E-state index contributed by atoms with van der Waals surface area (Å²) >= 11 is 0. The van der Waals surface area contributed by atoms with Crippen LogP contribution in [0.4, 0.5) is 5.69 Å². The average molecular weight is 265 g/mol. The molecule has 1 aromatic carbocycles. The van der Waals surface area contributed by atoms with Gasteiger partial charge in [0.05, 0.1) is 11.0 Å². The average Bonchev–Trinajstić information content (AvgIpc) is 2.97. The van der Waals surface area contributed by atoms with Crippen molar-refractivity contribution in [2.75, 3.05) is 5.32 Å². The van der Waals surface area contributed by atoms with E-state index in [-0.39, 0.29) is 0 Å². The first-order chi connectivity index (χ1) is 9.65. The molecule has 0 radical (unpaired) electrons. The number of nitrogens with zero attached hydrogens (tertiary/aromatic N) is 3. The van der Waals surface area contributed by atoms with Gasteiger partial charge >= 0.3 is 0 Å². The van der Waals surface area contributed by atoms with Gasteiger partial charge in [0.15, 0.2) is 0 Å². The van der Waals surface area contributed by atoms with E-state index in [0.29, 0.717) is 12.2 Å². The number of nitrogens with one attached hydrogen (secondary N) is 2. The van der Waals surface area contributed by atoms with E-state index in [9.17, 15) is 0 Å². The molecule has 20 heavy (non-hydrogen) atoms. The van der Waals surface area contributed by atoms with Gasteiger partial charge in [-0.1, -0.05) is 0 Å². The van der Waals surface area contributed by atoms with Crippen molar-refractivity contribution in [3.8, 4) is 6.07 Å². The Morgan fingerprint density at radius 3 is 3.00 bits per heavy atom. The second-order valence-corrected chi connectivity index (χ2v) is 4.86. The molecule has 0 spiro atoms. The normalized spacial score (nSPS) is 10.7. The van der Waals surface area contributed by atoms with Crippen LogP contribution in [-0.4, -0.2) is 14.5 Å². The van der Waals surface area contributed by atoms with Crippen LogP contribution in [-0.2, 0) is 13.6 Å². The van der Waals surface area contributed by atoms with Gasteiger partial charge in [-0.3, -0.25) is 0 Å². The van der Waals surface area contributed by atoms with E-state index in [4.69, 9.17) is 5.26 Å². The summed E-state index contributed by atoms with van der Waals surface area (Å²) in [6.45, 7) is 2.63. The van der Waals surface area contributed by atoms with E-state index in [0.717, 1.165) is 28.1 Å². The Morgan fingerprint density at radius 1 is 1.40 bits per heavy atom. The van der Waals surface area contributed by atoms with Gasteiger partial charge < -0.3 is 14.9 Å². The molecule has 0 saturated carbocycles. The molecule has 2 N–H and O–H groups in total. The summed E-state index contributed by atoms with van der Waals surface area (Å²) in [6.07, 6.45) is 1.96. The van der Waals surface area contributed by atoms with Gasteiger partial charge in [-0.05, 0) is 36.8 Å². The molecule has 3 rings (SSSR count). The summed E-state index contributed by atoms with van der Waals surface area (Å²) in [5.41, 5.74) is 4.78. The number of hydrogen-bond donors (Lipinski definition) is 2. The lowest BCUT2D eigenvalue weighted by Gasteiger charge is -2.04. The van der Waals surface area contributed by atoms with E-state index in [1.807, 2.05) is 49.0 Å². The van der Waals surface area contributed by atoms with Crippen molar-refractivity contribution < 1.29 is 0 Å². The van der Waals surface area contributed by atoms with E-state index in [2.05, 4.69) is 21.4 Å². The molecule has 0 aliphatic heterocycles. The Kier molecular flexibility index (Phi) is 2.92. The number of anilines is 1. The second kappa shape index (κ2) is 4.74. The summed E-state index contributed by atoms with van der Waals surface area (Å²) in [4.78, 5) is 7.60. The fourth-order valence-corrected chi connectivity index (χ4v) is 2.29. The Morgan fingerprint density at radius 2 is 2.25 bits per heavy atom. The fourth-order valence-electron chi connectivity index (χ4n) is 2.29. The minimum atomic E-state index is 0.668. The molecule has 0 amide bonds. The molecule has 3 aromatic rings. The number of imidazole rings is 1. The number of fused-ring (bicyclic) bond motifs is 1. The molecule has 0 saturated heterocycles. The summed E-state index contributed by atoms with van der Waals surface area (Å²) in [6, 6.07) is 10.1. The first kappa shape index (κ1) is 12.3. The first-order valence-corrected chi connectivity index (χ1v) is 6.41. The first-order valence-electron chi connectivity index (χ1n) is 6.41. The van der Waals surface area contributed by atoms with Crippen molar-refractivity contribution in [2.45, 2.75) is 13.5 Å². The van der Waals surface area contributed by atoms with Crippen LogP contribution in [0.1, 0.15) is 17.1 Å². The topological polar surface area (TPSA) is 69.4 Å². The molecule has 5 nitrogen and oxygen atoms in total. The number of benzene rings is 1. The minimum absolute atomic E-state index is 0.668. The number of hydrogen-bond acceptors (Lipinski definition) is 3. The number of aromatic nitrogens is 3. The summed E-state index contributed by atoms with van der Waals surface area (Å²) in [5.74, 6) is 0.916.